The Morgan fingerprint density at radius 3 is 2.47 bits per heavy atom. The molecule has 1 aromatic rings. The van der Waals surface area contributed by atoms with E-state index in [1.165, 1.54) is 5.56 Å². The summed E-state index contributed by atoms with van der Waals surface area (Å²) >= 11 is 0. The van der Waals surface area contributed by atoms with Crippen molar-refractivity contribution in [3.63, 3.8) is 0 Å². The van der Waals surface area contributed by atoms with Gasteiger partial charge in [0.2, 0.25) is 0 Å². The molecule has 0 fully saturated rings. The largest absolute Gasteiger partial charge is 0.326 e. The Balaban J connectivity index is 3.03. The Morgan fingerprint density at radius 1 is 1.35 bits per heavy atom. The van der Waals surface area contributed by atoms with Crippen molar-refractivity contribution in [3.05, 3.63) is 30.1 Å². The Labute approximate surface area is 105 Å². The van der Waals surface area contributed by atoms with Crippen LogP contribution in [0.4, 0.5) is 0 Å². The minimum absolute atomic E-state index is 0.154. The molecule has 3 heteroatoms. The summed E-state index contributed by atoms with van der Waals surface area (Å²) in [4.78, 5) is 6.65. The van der Waals surface area contributed by atoms with Gasteiger partial charge in [-0.15, -0.1) is 0 Å². The number of nitrogens with two attached hydrogens (primary N) is 1. The normalized spacial score (nSPS) is 15.2. The molecule has 0 radical (unpaired) electrons. The van der Waals surface area contributed by atoms with Crippen LogP contribution < -0.4 is 5.73 Å². The molecule has 2 N–H and O–H groups in total. The summed E-state index contributed by atoms with van der Waals surface area (Å²) < 4.78 is 0. The van der Waals surface area contributed by atoms with Crippen LogP contribution in [0.2, 0.25) is 0 Å². The van der Waals surface area contributed by atoms with Crippen molar-refractivity contribution in [1.29, 1.82) is 0 Å². The first-order chi connectivity index (χ1) is 8.11. The van der Waals surface area contributed by atoms with Gasteiger partial charge in [-0.25, -0.2) is 0 Å². The first-order valence-corrected chi connectivity index (χ1v) is 6.53. The van der Waals surface area contributed by atoms with Gasteiger partial charge in [0.15, 0.2) is 0 Å². The van der Waals surface area contributed by atoms with Crippen molar-refractivity contribution in [2.45, 2.75) is 52.2 Å². The molecule has 0 aliphatic heterocycles. The molecule has 0 aliphatic carbocycles. The molecule has 0 saturated carbocycles. The number of nitrogens with zero attached hydrogens (tertiary/aromatic N) is 2. The summed E-state index contributed by atoms with van der Waals surface area (Å²) in [7, 11) is 0. The Bertz CT molecular complexity index is 311. The molecule has 2 unspecified atom stereocenters. The highest BCUT2D eigenvalue weighted by Crippen LogP contribution is 2.26. The molecule has 0 bridgehead atoms. The Kier molecular flexibility index (Phi) is 5.59. The van der Waals surface area contributed by atoms with E-state index < -0.39 is 0 Å². The lowest BCUT2D eigenvalue weighted by molar-refractivity contribution is 0.138. The van der Waals surface area contributed by atoms with E-state index in [4.69, 9.17) is 5.73 Å². The van der Waals surface area contributed by atoms with Crippen molar-refractivity contribution in [1.82, 2.24) is 9.88 Å². The smallest absolute Gasteiger partial charge is 0.0516 e. The molecule has 0 aliphatic rings. The number of hydrogen-bond donors (Lipinski definition) is 1. The number of hydrogen-bond acceptors (Lipinski definition) is 3. The van der Waals surface area contributed by atoms with E-state index in [-0.39, 0.29) is 12.1 Å². The van der Waals surface area contributed by atoms with Crippen LogP contribution in [0.1, 0.15) is 45.7 Å². The van der Waals surface area contributed by atoms with Gasteiger partial charge in [-0.05, 0) is 38.4 Å². The monoisotopic (exact) mass is 235 g/mol. The molecule has 0 saturated heterocycles. The second-order valence-corrected chi connectivity index (χ2v) is 4.73. The van der Waals surface area contributed by atoms with E-state index in [1.807, 2.05) is 18.5 Å². The lowest BCUT2D eigenvalue weighted by Crippen LogP contribution is -2.44. The quantitative estimate of drug-likeness (QED) is 0.824. The minimum Gasteiger partial charge on any atom is -0.326 e. The second kappa shape index (κ2) is 6.72. The highest BCUT2D eigenvalue weighted by Gasteiger charge is 2.26. The Morgan fingerprint density at radius 2 is 2.06 bits per heavy atom. The summed E-state index contributed by atoms with van der Waals surface area (Å²) in [5.74, 6) is 0. The average Bonchev–Trinajstić information content (AvgIpc) is 2.35. The predicted molar refractivity (Wildman–Crippen MR) is 72.8 cm³/mol. The van der Waals surface area contributed by atoms with E-state index in [2.05, 4.69) is 43.6 Å². The lowest BCUT2D eigenvalue weighted by Gasteiger charge is -2.37. The van der Waals surface area contributed by atoms with Gasteiger partial charge in [-0.1, -0.05) is 19.9 Å². The zero-order valence-corrected chi connectivity index (χ0v) is 11.4. The van der Waals surface area contributed by atoms with Gasteiger partial charge in [0.05, 0.1) is 6.04 Å². The van der Waals surface area contributed by atoms with Crippen LogP contribution in [-0.4, -0.2) is 28.5 Å². The Hall–Kier alpha value is -0.930. The van der Waals surface area contributed by atoms with E-state index in [0.717, 1.165) is 13.0 Å². The maximum absolute atomic E-state index is 6.29. The summed E-state index contributed by atoms with van der Waals surface area (Å²) in [6.45, 7) is 9.77. The van der Waals surface area contributed by atoms with Gasteiger partial charge < -0.3 is 5.73 Å². The topological polar surface area (TPSA) is 42.1 Å². The average molecular weight is 235 g/mol. The van der Waals surface area contributed by atoms with Gasteiger partial charge >= 0.3 is 0 Å². The van der Waals surface area contributed by atoms with Gasteiger partial charge in [0.1, 0.15) is 0 Å². The molecule has 2 atom stereocenters. The maximum Gasteiger partial charge on any atom is 0.0516 e. The number of aromatic nitrogens is 1. The van der Waals surface area contributed by atoms with Crippen LogP contribution in [0.25, 0.3) is 0 Å². The molecule has 17 heavy (non-hydrogen) atoms. The zero-order chi connectivity index (χ0) is 12.8. The van der Waals surface area contributed by atoms with Crippen LogP contribution in [-0.2, 0) is 0 Å². The summed E-state index contributed by atoms with van der Waals surface area (Å²) in [6.07, 6.45) is 4.72. The van der Waals surface area contributed by atoms with Crippen LogP contribution in [0.3, 0.4) is 0 Å². The maximum atomic E-state index is 6.29. The second-order valence-electron chi connectivity index (χ2n) is 4.73. The van der Waals surface area contributed by atoms with Crippen LogP contribution in [0.15, 0.2) is 24.5 Å². The van der Waals surface area contributed by atoms with Gasteiger partial charge in [0.25, 0.3) is 0 Å². The lowest BCUT2D eigenvalue weighted by atomic mass is 9.96. The highest BCUT2D eigenvalue weighted by atomic mass is 15.2. The molecule has 3 nitrogen and oxygen atoms in total. The molecule has 1 rings (SSSR count). The zero-order valence-electron chi connectivity index (χ0n) is 11.4. The number of pyridine rings is 1. The predicted octanol–water partition coefficient (Wildman–Crippen LogP) is 2.59. The van der Waals surface area contributed by atoms with Crippen molar-refractivity contribution >= 4 is 0 Å². The van der Waals surface area contributed by atoms with Gasteiger partial charge in [-0.3, -0.25) is 9.88 Å². The molecular weight excluding hydrogens is 210 g/mol. The third-order valence-electron chi connectivity index (χ3n) is 3.29. The van der Waals surface area contributed by atoms with Crippen molar-refractivity contribution < 1.29 is 0 Å². The fourth-order valence-corrected chi connectivity index (χ4v) is 2.34. The minimum atomic E-state index is 0.154. The molecular formula is C14H25N3. The van der Waals surface area contributed by atoms with Gasteiger partial charge in [0, 0.05) is 24.5 Å². The molecule has 96 valence electrons. The van der Waals surface area contributed by atoms with Crippen molar-refractivity contribution in [2.24, 2.45) is 5.73 Å². The van der Waals surface area contributed by atoms with E-state index >= 15 is 0 Å². The standard InChI is InChI=1S/C14H25N3/c1-5-13(15)14(17(6-2)11(3)4)12-8-7-9-16-10-12/h7-11,13-14H,5-6,15H2,1-4H3. The van der Waals surface area contributed by atoms with E-state index in [9.17, 15) is 0 Å². The van der Waals surface area contributed by atoms with Crippen molar-refractivity contribution in [2.75, 3.05) is 6.54 Å². The molecule has 0 aromatic carbocycles. The van der Waals surface area contributed by atoms with E-state index in [0.29, 0.717) is 6.04 Å². The highest BCUT2D eigenvalue weighted by molar-refractivity contribution is 5.16. The summed E-state index contributed by atoms with van der Waals surface area (Å²) in [5.41, 5.74) is 7.51. The van der Waals surface area contributed by atoms with Crippen LogP contribution >= 0.6 is 0 Å². The number of rotatable bonds is 6. The fraction of sp³-hybridized carbons (Fsp3) is 0.643. The van der Waals surface area contributed by atoms with E-state index in [1.54, 1.807) is 0 Å². The van der Waals surface area contributed by atoms with Crippen LogP contribution in [0.5, 0.6) is 0 Å². The SMILES string of the molecule is CCC(N)C(c1cccnc1)N(CC)C(C)C. The first kappa shape index (κ1) is 14.1. The third-order valence-corrected chi connectivity index (χ3v) is 3.29. The fourth-order valence-electron chi connectivity index (χ4n) is 2.34. The summed E-state index contributed by atoms with van der Waals surface area (Å²) in [5, 5.41) is 0. The molecule has 0 spiro atoms. The molecule has 1 heterocycles. The first-order valence-electron chi connectivity index (χ1n) is 6.53. The summed E-state index contributed by atoms with van der Waals surface area (Å²) in [6, 6.07) is 5.01. The van der Waals surface area contributed by atoms with Crippen LogP contribution in [0, 0.1) is 0 Å². The molecule has 1 aromatic heterocycles. The third kappa shape index (κ3) is 3.51. The number of likely N-dealkylation sites (N-methyl/N-ethyl adjacent to an activating group) is 1. The van der Waals surface area contributed by atoms with Gasteiger partial charge in [-0.2, -0.15) is 0 Å². The molecule has 0 amide bonds. The van der Waals surface area contributed by atoms with Crippen molar-refractivity contribution in [3.8, 4) is 0 Å².